The fraction of sp³-hybridized carbons (Fsp3) is 0.217. The van der Waals surface area contributed by atoms with E-state index in [1.54, 1.807) is 0 Å². The van der Waals surface area contributed by atoms with Gasteiger partial charge in [-0.2, -0.15) is 0 Å². The molecule has 142 valence electrons. The second kappa shape index (κ2) is 8.13. The standard InChI is InChI=1S/C23H24N4O/c1-16(23-25-15-21(27-23)17-8-3-2-4-9-17)26-22(28)13-7-10-18-14-24-20-12-6-5-11-19(18)20/h2-6,8-9,11-12,14-16,24H,7,10,13H2,1H3,(H,25,27)(H,26,28). The van der Waals surface area contributed by atoms with Crippen LogP contribution in [0.25, 0.3) is 22.2 Å². The summed E-state index contributed by atoms with van der Waals surface area (Å²) in [5, 5.41) is 4.27. The molecule has 2 aromatic heterocycles. The van der Waals surface area contributed by atoms with Crippen molar-refractivity contribution >= 4 is 16.8 Å². The monoisotopic (exact) mass is 372 g/mol. The largest absolute Gasteiger partial charge is 0.361 e. The quantitative estimate of drug-likeness (QED) is 0.438. The molecular formula is C23H24N4O. The number of nitrogens with one attached hydrogen (secondary N) is 3. The molecule has 0 aliphatic carbocycles. The molecule has 5 heteroatoms. The van der Waals surface area contributed by atoms with E-state index in [0.717, 1.165) is 35.4 Å². The number of amides is 1. The van der Waals surface area contributed by atoms with Gasteiger partial charge in [-0.15, -0.1) is 0 Å². The smallest absolute Gasteiger partial charge is 0.220 e. The van der Waals surface area contributed by atoms with Crippen LogP contribution in [0.5, 0.6) is 0 Å². The predicted molar refractivity (Wildman–Crippen MR) is 112 cm³/mol. The molecule has 0 saturated heterocycles. The van der Waals surface area contributed by atoms with Gasteiger partial charge in [0.2, 0.25) is 5.91 Å². The lowest BCUT2D eigenvalue weighted by atomic mass is 10.1. The molecule has 0 aliphatic rings. The van der Waals surface area contributed by atoms with Crippen molar-refractivity contribution in [2.75, 3.05) is 0 Å². The van der Waals surface area contributed by atoms with Crippen LogP contribution < -0.4 is 5.32 Å². The van der Waals surface area contributed by atoms with Gasteiger partial charge in [-0.25, -0.2) is 4.98 Å². The molecule has 2 heterocycles. The Morgan fingerprint density at radius 3 is 2.75 bits per heavy atom. The number of rotatable bonds is 7. The van der Waals surface area contributed by atoms with Gasteiger partial charge in [-0.1, -0.05) is 48.5 Å². The molecule has 3 N–H and O–H groups in total. The first-order valence-electron chi connectivity index (χ1n) is 9.65. The van der Waals surface area contributed by atoms with Gasteiger partial charge in [0.05, 0.1) is 17.9 Å². The molecular weight excluding hydrogens is 348 g/mol. The van der Waals surface area contributed by atoms with Gasteiger partial charge >= 0.3 is 0 Å². The number of carbonyl (C=O) groups excluding carboxylic acids is 1. The van der Waals surface area contributed by atoms with E-state index in [9.17, 15) is 4.79 Å². The summed E-state index contributed by atoms with van der Waals surface area (Å²) in [4.78, 5) is 23.3. The van der Waals surface area contributed by atoms with E-state index in [-0.39, 0.29) is 11.9 Å². The number of aromatic amines is 2. The number of para-hydroxylation sites is 1. The molecule has 1 amide bonds. The van der Waals surface area contributed by atoms with Gasteiger partial charge in [0.1, 0.15) is 5.82 Å². The summed E-state index contributed by atoms with van der Waals surface area (Å²) in [7, 11) is 0. The number of hydrogen-bond acceptors (Lipinski definition) is 2. The fourth-order valence-electron chi connectivity index (χ4n) is 3.48. The summed E-state index contributed by atoms with van der Waals surface area (Å²) in [6.45, 7) is 1.95. The highest BCUT2D eigenvalue weighted by molar-refractivity contribution is 5.83. The first kappa shape index (κ1) is 18.0. The van der Waals surface area contributed by atoms with Crippen LogP contribution in [0.2, 0.25) is 0 Å². The molecule has 0 bridgehead atoms. The van der Waals surface area contributed by atoms with E-state index in [2.05, 4.69) is 32.4 Å². The Labute approximate surface area is 164 Å². The third-order valence-corrected chi connectivity index (χ3v) is 4.99. The average molecular weight is 372 g/mol. The van der Waals surface area contributed by atoms with Gasteiger partial charge in [0.15, 0.2) is 0 Å². The summed E-state index contributed by atoms with van der Waals surface area (Å²) in [6.07, 6.45) is 6.04. The normalized spacial score (nSPS) is 12.2. The Bertz CT molecular complexity index is 1060. The van der Waals surface area contributed by atoms with Crippen molar-refractivity contribution in [2.45, 2.75) is 32.2 Å². The Morgan fingerprint density at radius 1 is 1.11 bits per heavy atom. The average Bonchev–Trinajstić information content (AvgIpc) is 3.37. The molecule has 4 rings (SSSR count). The van der Waals surface area contributed by atoms with Crippen molar-refractivity contribution in [3.8, 4) is 11.3 Å². The molecule has 0 fully saturated rings. The van der Waals surface area contributed by atoms with E-state index in [0.29, 0.717) is 6.42 Å². The Kier molecular flexibility index (Phi) is 5.24. The van der Waals surface area contributed by atoms with E-state index in [1.807, 2.05) is 61.8 Å². The number of carbonyl (C=O) groups is 1. The lowest BCUT2D eigenvalue weighted by Gasteiger charge is -2.11. The first-order chi connectivity index (χ1) is 13.7. The predicted octanol–water partition coefficient (Wildman–Crippen LogP) is 4.76. The van der Waals surface area contributed by atoms with Gasteiger partial charge < -0.3 is 15.3 Å². The molecule has 1 atom stereocenters. The minimum absolute atomic E-state index is 0.0463. The van der Waals surface area contributed by atoms with Crippen LogP contribution in [0, 0.1) is 0 Å². The summed E-state index contributed by atoms with van der Waals surface area (Å²) in [5.41, 5.74) is 4.44. The van der Waals surface area contributed by atoms with E-state index < -0.39 is 0 Å². The van der Waals surface area contributed by atoms with E-state index >= 15 is 0 Å². The number of nitrogens with zero attached hydrogens (tertiary/aromatic N) is 1. The molecule has 1 unspecified atom stereocenters. The number of benzene rings is 2. The molecule has 4 aromatic rings. The van der Waals surface area contributed by atoms with Crippen molar-refractivity contribution in [1.82, 2.24) is 20.3 Å². The van der Waals surface area contributed by atoms with Crippen molar-refractivity contribution in [1.29, 1.82) is 0 Å². The summed E-state index contributed by atoms with van der Waals surface area (Å²) < 4.78 is 0. The van der Waals surface area contributed by atoms with Crippen molar-refractivity contribution in [3.63, 3.8) is 0 Å². The topological polar surface area (TPSA) is 73.6 Å². The molecule has 0 spiro atoms. The molecule has 28 heavy (non-hydrogen) atoms. The van der Waals surface area contributed by atoms with Crippen LogP contribution in [0.3, 0.4) is 0 Å². The second-order valence-corrected chi connectivity index (χ2v) is 7.05. The molecule has 2 aromatic carbocycles. The number of hydrogen-bond donors (Lipinski definition) is 3. The third-order valence-electron chi connectivity index (χ3n) is 4.99. The summed E-state index contributed by atoms with van der Waals surface area (Å²) >= 11 is 0. The van der Waals surface area contributed by atoms with Crippen molar-refractivity contribution in [3.05, 3.63) is 78.4 Å². The molecule has 5 nitrogen and oxygen atoms in total. The second-order valence-electron chi connectivity index (χ2n) is 7.05. The van der Waals surface area contributed by atoms with Crippen LogP contribution in [-0.2, 0) is 11.2 Å². The Morgan fingerprint density at radius 2 is 1.89 bits per heavy atom. The third kappa shape index (κ3) is 3.98. The van der Waals surface area contributed by atoms with Gasteiger partial charge in [0, 0.05) is 23.5 Å². The van der Waals surface area contributed by atoms with Crippen LogP contribution in [0.15, 0.2) is 67.0 Å². The van der Waals surface area contributed by atoms with Gasteiger partial charge in [0.25, 0.3) is 0 Å². The maximum atomic E-state index is 12.3. The van der Waals surface area contributed by atoms with Gasteiger partial charge in [-0.3, -0.25) is 4.79 Å². The molecule has 0 aliphatic heterocycles. The molecule has 0 saturated carbocycles. The number of aromatic nitrogens is 3. The maximum absolute atomic E-state index is 12.3. The van der Waals surface area contributed by atoms with Crippen molar-refractivity contribution in [2.24, 2.45) is 0 Å². The highest BCUT2D eigenvalue weighted by Gasteiger charge is 2.13. The first-order valence-corrected chi connectivity index (χ1v) is 9.65. The zero-order chi connectivity index (χ0) is 19.3. The van der Waals surface area contributed by atoms with Crippen molar-refractivity contribution < 1.29 is 4.79 Å². The lowest BCUT2D eigenvalue weighted by molar-refractivity contribution is -0.121. The van der Waals surface area contributed by atoms with E-state index in [4.69, 9.17) is 0 Å². The molecule has 0 radical (unpaired) electrons. The minimum Gasteiger partial charge on any atom is -0.361 e. The number of H-pyrrole nitrogens is 2. The zero-order valence-electron chi connectivity index (χ0n) is 15.9. The highest BCUT2D eigenvalue weighted by atomic mass is 16.1. The SMILES string of the molecule is CC(NC(=O)CCCc1c[nH]c2ccccc12)c1ncc(-c2ccccc2)[nH]1. The fourth-order valence-corrected chi connectivity index (χ4v) is 3.48. The van der Waals surface area contributed by atoms with Crippen LogP contribution in [0.1, 0.15) is 37.2 Å². The maximum Gasteiger partial charge on any atom is 0.220 e. The Hall–Kier alpha value is -3.34. The number of fused-ring (bicyclic) bond motifs is 1. The summed E-state index contributed by atoms with van der Waals surface area (Å²) in [5.74, 6) is 0.814. The number of imidazole rings is 1. The number of aryl methyl sites for hydroxylation is 1. The van der Waals surface area contributed by atoms with Crippen LogP contribution in [0.4, 0.5) is 0 Å². The lowest BCUT2D eigenvalue weighted by Crippen LogP contribution is -2.27. The van der Waals surface area contributed by atoms with E-state index in [1.165, 1.54) is 10.9 Å². The van der Waals surface area contributed by atoms with Crippen LogP contribution >= 0.6 is 0 Å². The highest BCUT2D eigenvalue weighted by Crippen LogP contribution is 2.20. The van der Waals surface area contributed by atoms with Gasteiger partial charge in [-0.05, 0) is 37.0 Å². The zero-order valence-corrected chi connectivity index (χ0v) is 15.9. The summed E-state index contributed by atoms with van der Waals surface area (Å²) in [6, 6.07) is 18.1. The Balaban J connectivity index is 1.29. The minimum atomic E-state index is -0.155. The van der Waals surface area contributed by atoms with Crippen LogP contribution in [-0.4, -0.2) is 20.9 Å².